The highest BCUT2D eigenvalue weighted by molar-refractivity contribution is 6.02. The summed E-state index contributed by atoms with van der Waals surface area (Å²) in [6.07, 6.45) is 2.13. The minimum atomic E-state index is -0.0834. The highest BCUT2D eigenvalue weighted by Gasteiger charge is 2.22. The van der Waals surface area contributed by atoms with Crippen molar-refractivity contribution in [1.82, 2.24) is 20.1 Å². The van der Waals surface area contributed by atoms with Crippen LogP contribution in [-0.4, -0.2) is 84.7 Å². The molecule has 0 bridgehead atoms. The Morgan fingerprint density at radius 3 is 2.45 bits per heavy atom. The van der Waals surface area contributed by atoms with Crippen LogP contribution >= 0.6 is 0 Å². The van der Waals surface area contributed by atoms with Gasteiger partial charge in [-0.1, -0.05) is 37.3 Å². The van der Waals surface area contributed by atoms with Gasteiger partial charge in [0.05, 0.1) is 12.3 Å². The molecule has 2 heterocycles. The molecule has 7 heteroatoms. The van der Waals surface area contributed by atoms with Crippen LogP contribution in [0.5, 0.6) is 0 Å². The van der Waals surface area contributed by atoms with E-state index in [-0.39, 0.29) is 24.7 Å². The van der Waals surface area contributed by atoms with E-state index in [2.05, 4.69) is 27.1 Å². The van der Waals surface area contributed by atoms with Crippen molar-refractivity contribution in [2.75, 3.05) is 52.4 Å². The quantitative estimate of drug-likeness (QED) is 0.640. The first-order chi connectivity index (χ1) is 14.2. The van der Waals surface area contributed by atoms with Gasteiger partial charge in [-0.15, -0.1) is 0 Å². The van der Waals surface area contributed by atoms with Crippen molar-refractivity contribution in [3.63, 3.8) is 0 Å². The van der Waals surface area contributed by atoms with Crippen LogP contribution in [0.15, 0.2) is 35.4 Å². The number of rotatable bonds is 9. The molecule has 0 radical (unpaired) electrons. The Balaban J connectivity index is 1.29. The number of hydrazone groups is 1. The summed E-state index contributed by atoms with van der Waals surface area (Å²) < 4.78 is 0. The first-order valence-electron chi connectivity index (χ1n) is 10.8. The van der Waals surface area contributed by atoms with Crippen molar-refractivity contribution in [2.24, 2.45) is 5.10 Å². The third-order valence-electron chi connectivity index (χ3n) is 5.65. The molecular formula is C22H33N5O2. The normalized spacial score (nSPS) is 18.0. The van der Waals surface area contributed by atoms with Crippen LogP contribution in [0.1, 0.15) is 38.2 Å². The van der Waals surface area contributed by atoms with Gasteiger partial charge in [-0.2, -0.15) is 5.10 Å². The third kappa shape index (κ3) is 6.65. The summed E-state index contributed by atoms with van der Waals surface area (Å²) in [4.78, 5) is 29.3. The molecule has 2 amide bonds. The SMILES string of the molecule is CCN1CCN(CCCNC(=O)CCC(=O)N2CCC(c3ccccc3)=N2)CC1. The lowest BCUT2D eigenvalue weighted by atomic mass is 10.1. The van der Waals surface area contributed by atoms with Crippen molar-refractivity contribution in [1.29, 1.82) is 0 Å². The molecule has 1 saturated heterocycles. The van der Waals surface area contributed by atoms with Gasteiger partial charge in [0.2, 0.25) is 11.8 Å². The average molecular weight is 400 g/mol. The van der Waals surface area contributed by atoms with E-state index in [9.17, 15) is 9.59 Å². The maximum absolute atomic E-state index is 12.3. The van der Waals surface area contributed by atoms with Gasteiger partial charge in [-0.05, 0) is 25.1 Å². The smallest absolute Gasteiger partial charge is 0.243 e. The van der Waals surface area contributed by atoms with Gasteiger partial charge in [0, 0.05) is 52.0 Å². The van der Waals surface area contributed by atoms with Gasteiger partial charge in [0.1, 0.15) is 0 Å². The predicted molar refractivity (Wildman–Crippen MR) is 115 cm³/mol. The van der Waals surface area contributed by atoms with E-state index in [0.29, 0.717) is 13.1 Å². The number of amides is 2. The second-order valence-corrected chi connectivity index (χ2v) is 7.66. The van der Waals surface area contributed by atoms with Crippen LogP contribution in [0, 0.1) is 0 Å². The zero-order chi connectivity index (χ0) is 20.5. The number of piperazine rings is 1. The number of benzene rings is 1. The van der Waals surface area contributed by atoms with Crippen LogP contribution < -0.4 is 5.32 Å². The molecule has 158 valence electrons. The van der Waals surface area contributed by atoms with E-state index < -0.39 is 0 Å². The highest BCUT2D eigenvalue weighted by atomic mass is 16.2. The van der Waals surface area contributed by atoms with E-state index in [1.54, 1.807) is 0 Å². The number of likely N-dealkylation sites (N-methyl/N-ethyl adjacent to an activating group) is 1. The molecule has 0 saturated carbocycles. The maximum Gasteiger partial charge on any atom is 0.243 e. The molecule has 0 atom stereocenters. The summed E-state index contributed by atoms with van der Waals surface area (Å²) >= 11 is 0. The molecule has 0 spiro atoms. The van der Waals surface area contributed by atoms with Crippen molar-refractivity contribution in [2.45, 2.75) is 32.6 Å². The summed E-state index contributed by atoms with van der Waals surface area (Å²) in [5.41, 5.74) is 1.99. The fourth-order valence-electron chi connectivity index (χ4n) is 3.77. The Morgan fingerprint density at radius 2 is 1.72 bits per heavy atom. The molecule has 0 aromatic heterocycles. The first-order valence-corrected chi connectivity index (χ1v) is 10.8. The molecule has 2 aliphatic rings. The number of hydrogen-bond donors (Lipinski definition) is 1. The Bertz CT molecular complexity index is 698. The van der Waals surface area contributed by atoms with Gasteiger partial charge in [-0.3, -0.25) is 9.59 Å². The summed E-state index contributed by atoms with van der Waals surface area (Å²) in [6.45, 7) is 10.1. The van der Waals surface area contributed by atoms with Crippen molar-refractivity contribution < 1.29 is 9.59 Å². The van der Waals surface area contributed by atoms with E-state index in [4.69, 9.17) is 0 Å². The average Bonchev–Trinajstić information content (AvgIpc) is 3.26. The largest absolute Gasteiger partial charge is 0.356 e. The van der Waals surface area contributed by atoms with Crippen LogP contribution in [0.25, 0.3) is 0 Å². The van der Waals surface area contributed by atoms with Crippen LogP contribution in [-0.2, 0) is 9.59 Å². The molecular weight excluding hydrogens is 366 g/mol. The summed E-state index contributed by atoms with van der Waals surface area (Å²) in [7, 11) is 0. The molecule has 2 aliphatic heterocycles. The van der Waals surface area contributed by atoms with Gasteiger partial charge in [0.15, 0.2) is 0 Å². The van der Waals surface area contributed by atoms with Crippen molar-refractivity contribution >= 4 is 17.5 Å². The fourth-order valence-corrected chi connectivity index (χ4v) is 3.77. The number of carbonyl (C=O) groups is 2. The molecule has 1 fully saturated rings. The van der Waals surface area contributed by atoms with Crippen molar-refractivity contribution in [3.8, 4) is 0 Å². The van der Waals surface area contributed by atoms with E-state index >= 15 is 0 Å². The number of nitrogens with zero attached hydrogens (tertiary/aromatic N) is 4. The van der Waals surface area contributed by atoms with Gasteiger partial charge < -0.3 is 15.1 Å². The lowest BCUT2D eigenvalue weighted by molar-refractivity contribution is -0.133. The van der Waals surface area contributed by atoms with E-state index in [0.717, 1.165) is 63.4 Å². The molecule has 0 unspecified atom stereocenters. The Kier molecular flexibility index (Phi) is 8.19. The monoisotopic (exact) mass is 399 g/mol. The molecule has 1 N–H and O–H groups in total. The Morgan fingerprint density at radius 1 is 1.00 bits per heavy atom. The lowest BCUT2D eigenvalue weighted by Gasteiger charge is -2.33. The summed E-state index contributed by atoms with van der Waals surface area (Å²) in [6, 6.07) is 9.91. The zero-order valence-electron chi connectivity index (χ0n) is 17.5. The van der Waals surface area contributed by atoms with Crippen LogP contribution in [0.2, 0.25) is 0 Å². The topological polar surface area (TPSA) is 68.2 Å². The standard InChI is InChI=1S/C22H33N5O2/c1-2-25-15-17-26(18-16-25)13-6-12-23-21(28)9-10-22(29)27-14-11-20(24-27)19-7-4-3-5-8-19/h3-5,7-8H,2,6,9-18H2,1H3,(H,23,28). The first kappa shape index (κ1) is 21.5. The summed E-state index contributed by atoms with van der Waals surface area (Å²) in [5, 5.41) is 8.88. The van der Waals surface area contributed by atoms with E-state index in [1.165, 1.54) is 5.01 Å². The molecule has 1 aromatic carbocycles. The van der Waals surface area contributed by atoms with Crippen LogP contribution in [0.3, 0.4) is 0 Å². The van der Waals surface area contributed by atoms with Gasteiger partial charge in [-0.25, -0.2) is 5.01 Å². The van der Waals surface area contributed by atoms with Gasteiger partial charge in [0.25, 0.3) is 0 Å². The number of hydrogen-bond acceptors (Lipinski definition) is 5. The Hall–Kier alpha value is -2.25. The number of nitrogens with one attached hydrogen (secondary N) is 1. The lowest BCUT2D eigenvalue weighted by Crippen LogP contribution is -2.46. The summed E-state index contributed by atoms with van der Waals surface area (Å²) in [5.74, 6) is -0.138. The fraction of sp³-hybridized carbons (Fsp3) is 0.591. The minimum absolute atomic E-state index is 0.0550. The van der Waals surface area contributed by atoms with Gasteiger partial charge >= 0.3 is 0 Å². The maximum atomic E-state index is 12.3. The zero-order valence-corrected chi connectivity index (χ0v) is 17.5. The molecule has 0 aliphatic carbocycles. The van der Waals surface area contributed by atoms with E-state index in [1.807, 2.05) is 30.3 Å². The van der Waals surface area contributed by atoms with Crippen LogP contribution in [0.4, 0.5) is 0 Å². The molecule has 3 rings (SSSR count). The molecule has 29 heavy (non-hydrogen) atoms. The molecule has 7 nitrogen and oxygen atoms in total. The third-order valence-corrected chi connectivity index (χ3v) is 5.65. The Labute approximate surface area is 173 Å². The molecule has 1 aromatic rings. The van der Waals surface area contributed by atoms with Crippen molar-refractivity contribution in [3.05, 3.63) is 35.9 Å². The second kappa shape index (κ2) is 11.1. The number of carbonyl (C=O) groups excluding carboxylic acids is 2. The second-order valence-electron chi connectivity index (χ2n) is 7.66. The highest BCUT2D eigenvalue weighted by Crippen LogP contribution is 2.14. The predicted octanol–water partition coefficient (Wildman–Crippen LogP) is 1.55. The minimum Gasteiger partial charge on any atom is -0.356 e.